The summed E-state index contributed by atoms with van der Waals surface area (Å²) in [6, 6.07) is 14.6. The molecule has 2 aromatic rings. The van der Waals surface area contributed by atoms with Gasteiger partial charge < -0.3 is 0 Å². The molecule has 1 atom stereocenters. The standard InChI is InChI=1S/C17H18Cl2O3S/c1-12-7-10-16(23(20,21)22)15(11-12)14(17(18)19)9-8-13-5-3-2-4-6-13/h2-7,10-11,14,17H,8-9H2,1H3,(H,20,21,22). The summed E-state index contributed by atoms with van der Waals surface area (Å²) in [6.07, 6.45) is 1.29. The molecule has 0 saturated carbocycles. The van der Waals surface area contributed by atoms with Gasteiger partial charge in [0.15, 0.2) is 0 Å². The van der Waals surface area contributed by atoms with E-state index in [9.17, 15) is 13.0 Å². The number of halogens is 2. The van der Waals surface area contributed by atoms with Crippen LogP contribution in [-0.2, 0) is 16.5 Å². The molecule has 0 spiro atoms. The van der Waals surface area contributed by atoms with Crippen LogP contribution in [0.2, 0.25) is 0 Å². The van der Waals surface area contributed by atoms with Crippen LogP contribution in [0.4, 0.5) is 0 Å². The molecule has 3 nitrogen and oxygen atoms in total. The van der Waals surface area contributed by atoms with E-state index in [4.69, 9.17) is 23.2 Å². The van der Waals surface area contributed by atoms with Gasteiger partial charge in [0.2, 0.25) is 0 Å². The van der Waals surface area contributed by atoms with Gasteiger partial charge in [0.25, 0.3) is 10.1 Å². The second kappa shape index (κ2) is 7.67. The smallest absolute Gasteiger partial charge is 0.282 e. The Morgan fingerprint density at radius 1 is 1.09 bits per heavy atom. The summed E-state index contributed by atoms with van der Waals surface area (Å²) in [5.41, 5.74) is 2.46. The average molecular weight is 373 g/mol. The van der Waals surface area contributed by atoms with Crippen LogP contribution in [0.1, 0.15) is 29.0 Å². The number of aryl methyl sites for hydroxylation is 2. The molecular weight excluding hydrogens is 355 g/mol. The molecule has 0 aliphatic heterocycles. The molecular formula is C17H18Cl2O3S. The molecule has 0 bridgehead atoms. The largest absolute Gasteiger partial charge is 0.294 e. The molecule has 0 aliphatic carbocycles. The first-order valence-corrected chi connectivity index (χ1v) is 9.50. The summed E-state index contributed by atoms with van der Waals surface area (Å²) < 4.78 is 32.7. The highest BCUT2D eigenvalue weighted by molar-refractivity contribution is 7.85. The number of benzene rings is 2. The van der Waals surface area contributed by atoms with Crippen LogP contribution < -0.4 is 0 Å². The lowest BCUT2D eigenvalue weighted by Gasteiger charge is -2.21. The zero-order valence-electron chi connectivity index (χ0n) is 12.6. The Morgan fingerprint density at radius 2 is 1.74 bits per heavy atom. The van der Waals surface area contributed by atoms with Gasteiger partial charge in [0.1, 0.15) is 4.84 Å². The molecule has 0 heterocycles. The molecule has 0 aromatic heterocycles. The predicted octanol–water partition coefficient (Wildman–Crippen LogP) is 4.76. The van der Waals surface area contributed by atoms with Crippen molar-refractivity contribution in [1.82, 2.24) is 0 Å². The van der Waals surface area contributed by atoms with Crippen molar-refractivity contribution in [2.75, 3.05) is 0 Å². The van der Waals surface area contributed by atoms with E-state index in [0.29, 0.717) is 18.4 Å². The van der Waals surface area contributed by atoms with Gasteiger partial charge in [-0.3, -0.25) is 4.55 Å². The maximum atomic E-state index is 11.6. The molecule has 0 radical (unpaired) electrons. The summed E-state index contributed by atoms with van der Waals surface area (Å²) in [5.74, 6) is -0.393. The summed E-state index contributed by atoms with van der Waals surface area (Å²) >= 11 is 12.2. The Morgan fingerprint density at radius 3 is 2.30 bits per heavy atom. The fourth-order valence-corrected chi connectivity index (χ4v) is 3.85. The van der Waals surface area contributed by atoms with Crippen LogP contribution in [0, 0.1) is 6.92 Å². The molecule has 23 heavy (non-hydrogen) atoms. The SMILES string of the molecule is Cc1ccc(S(=O)(=O)O)c(C(CCc2ccccc2)C(Cl)Cl)c1. The maximum Gasteiger partial charge on any atom is 0.294 e. The minimum Gasteiger partial charge on any atom is -0.282 e. The van der Waals surface area contributed by atoms with E-state index in [1.165, 1.54) is 6.07 Å². The fourth-order valence-electron chi connectivity index (χ4n) is 2.58. The molecule has 1 unspecified atom stereocenters. The molecule has 1 N–H and O–H groups in total. The lowest BCUT2D eigenvalue weighted by atomic mass is 9.92. The second-order valence-corrected chi connectivity index (χ2v) is 8.04. The van der Waals surface area contributed by atoms with E-state index < -0.39 is 20.9 Å². The Hall–Kier alpha value is -1.07. The van der Waals surface area contributed by atoms with Crippen LogP contribution >= 0.6 is 23.2 Å². The van der Waals surface area contributed by atoms with E-state index in [1.54, 1.807) is 12.1 Å². The van der Waals surface area contributed by atoms with E-state index in [-0.39, 0.29) is 4.90 Å². The van der Waals surface area contributed by atoms with Crippen LogP contribution in [0.25, 0.3) is 0 Å². The third-order valence-electron chi connectivity index (χ3n) is 3.73. The predicted molar refractivity (Wildman–Crippen MR) is 94.0 cm³/mol. The van der Waals surface area contributed by atoms with E-state index in [2.05, 4.69) is 0 Å². The average Bonchev–Trinajstić information content (AvgIpc) is 2.47. The molecule has 0 saturated heterocycles. The van der Waals surface area contributed by atoms with Crippen molar-refractivity contribution in [3.05, 3.63) is 65.2 Å². The molecule has 2 aromatic carbocycles. The Bertz CT molecular complexity index is 759. The molecule has 6 heteroatoms. The number of hydrogen-bond donors (Lipinski definition) is 1. The van der Waals surface area contributed by atoms with Gasteiger partial charge in [-0.2, -0.15) is 8.42 Å². The summed E-state index contributed by atoms with van der Waals surface area (Å²) in [6.45, 7) is 1.85. The van der Waals surface area contributed by atoms with Gasteiger partial charge in [-0.1, -0.05) is 48.0 Å². The number of hydrogen-bond acceptors (Lipinski definition) is 2. The lowest BCUT2D eigenvalue weighted by Crippen LogP contribution is -2.14. The minimum atomic E-state index is -4.33. The van der Waals surface area contributed by atoms with Crippen molar-refractivity contribution in [3.8, 4) is 0 Å². The first kappa shape index (κ1) is 18.3. The van der Waals surface area contributed by atoms with Gasteiger partial charge in [-0.15, -0.1) is 23.2 Å². The van der Waals surface area contributed by atoms with Gasteiger partial charge >= 0.3 is 0 Å². The van der Waals surface area contributed by atoms with Crippen LogP contribution in [0.15, 0.2) is 53.4 Å². The summed E-state index contributed by atoms with van der Waals surface area (Å²) in [4.78, 5) is -0.909. The monoisotopic (exact) mass is 372 g/mol. The summed E-state index contributed by atoms with van der Waals surface area (Å²) in [7, 11) is -4.33. The van der Waals surface area contributed by atoms with Crippen molar-refractivity contribution < 1.29 is 13.0 Å². The van der Waals surface area contributed by atoms with Crippen LogP contribution in [-0.4, -0.2) is 17.8 Å². The third-order valence-corrected chi connectivity index (χ3v) is 5.27. The molecule has 0 aliphatic rings. The highest BCUT2D eigenvalue weighted by Crippen LogP contribution is 2.35. The molecule has 0 amide bonds. The second-order valence-electron chi connectivity index (χ2n) is 5.48. The first-order valence-electron chi connectivity index (χ1n) is 7.19. The van der Waals surface area contributed by atoms with E-state index in [1.807, 2.05) is 37.3 Å². The normalized spacial score (nSPS) is 13.3. The van der Waals surface area contributed by atoms with Crippen molar-refractivity contribution in [1.29, 1.82) is 0 Å². The topological polar surface area (TPSA) is 54.4 Å². The fraction of sp³-hybridized carbons (Fsp3) is 0.294. The quantitative estimate of drug-likeness (QED) is 0.587. The van der Waals surface area contributed by atoms with Crippen molar-refractivity contribution in [3.63, 3.8) is 0 Å². The summed E-state index contributed by atoms with van der Waals surface area (Å²) in [5, 5.41) is 0. The van der Waals surface area contributed by atoms with E-state index in [0.717, 1.165) is 11.1 Å². The molecule has 2 rings (SSSR count). The lowest BCUT2D eigenvalue weighted by molar-refractivity contribution is 0.480. The van der Waals surface area contributed by atoms with Gasteiger partial charge in [0.05, 0.1) is 4.90 Å². The number of rotatable bonds is 6. The first-order chi connectivity index (χ1) is 10.8. The molecule has 124 valence electrons. The van der Waals surface area contributed by atoms with Gasteiger partial charge in [-0.25, -0.2) is 0 Å². The zero-order chi connectivity index (χ0) is 17.0. The van der Waals surface area contributed by atoms with Crippen LogP contribution in [0.5, 0.6) is 0 Å². The highest BCUT2D eigenvalue weighted by atomic mass is 35.5. The third kappa shape index (κ3) is 4.95. The number of alkyl halides is 2. The molecule has 0 fully saturated rings. The van der Waals surface area contributed by atoms with Crippen molar-refractivity contribution >= 4 is 33.3 Å². The van der Waals surface area contributed by atoms with E-state index >= 15 is 0 Å². The minimum absolute atomic E-state index is 0.132. The highest BCUT2D eigenvalue weighted by Gasteiger charge is 2.26. The Kier molecular flexibility index (Phi) is 6.09. The van der Waals surface area contributed by atoms with Crippen molar-refractivity contribution in [2.45, 2.75) is 35.4 Å². The Labute approximate surface area is 147 Å². The van der Waals surface area contributed by atoms with Crippen molar-refractivity contribution in [2.24, 2.45) is 0 Å². The van der Waals surface area contributed by atoms with Gasteiger partial charge in [0, 0.05) is 5.92 Å². The zero-order valence-corrected chi connectivity index (χ0v) is 14.9. The van der Waals surface area contributed by atoms with Crippen LogP contribution in [0.3, 0.4) is 0 Å². The maximum absolute atomic E-state index is 11.6. The van der Waals surface area contributed by atoms with Gasteiger partial charge in [-0.05, 0) is 37.0 Å². The Balaban J connectivity index is 2.36.